The van der Waals surface area contributed by atoms with Crippen molar-refractivity contribution >= 4 is 44.4 Å². The molecule has 0 aromatic heterocycles. The van der Waals surface area contributed by atoms with Crippen LogP contribution in [0.2, 0.25) is 0 Å². The van der Waals surface area contributed by atoms with E-state index in [9.17, 15) is 4.57 Å². The van der Waals surface area contributed by atoms with E-state index in [0.29, 0.717) is 11.9 Å². The number of nitrogens with zero attached hydrogens (tertiary/aromatic N) is 1. The second-order valence-electron chi connectivity index (χ2n) is 1.50. The van der Waals surface area contributed by atoms with Crippen LogP contribution in [0.15, 0.2) is 0 Å². The molecule has 56 valence electrons. The Morgan fingerprint density at radius 3 is 2.22 bits per heavy atom. The molecule has 9 heavy (non-hydrogen) atoms. The molecule has 0 aliphatic rings. The van der Waals surface area contributed by atoms with Gasteiger partial charge >= 0.3 is 6.00 Å². The quantitative estimate of drug-likeness (QED) is 0.570. The molecule has 2 nitrogen and oxygen atoms in total. The van der Waals surface area contributed by atoms with E-state index in [1.165, 1.54) is 4.67 Å². The molecule has 0 amide bonds. The highest BCUT2D eigenvalue weighted by Gasteiger charge is 2.19. The Labute approximate surface area is 72.6 Å². The van der Waals surface area contributed by atoms with Crippen molar-refractivity contribution in [2.75, 3.05) is 18.9 Å². The molecular weight excluding hydrogens is 248 g/mol. The van der Waals surface area contributed by atoms with Crippen molar-refractivity contribution in [3.05, 3.63) is 0 Å². The molecule has 0 fully saturated rings. The maximum absolute atomic E-state index is 10.7. The van der Waals surface area contributed by atoms with Crippen molar-refractivity contribution in [2.24, 2.45) is 0 Å². The van der Waals surface area contributed by atoms with Crippen LogP contribution < -0.4 is 0 Å². The van der Waals surface area contributed by atoms with Crippen molar-refractivity contribution < 1.29 is 4.57 Å². The fourth-order valence-electron chi connectivity index (χ4n) is 0.239. The second kappa shape index (κ2) is 4.20. The van der Waals surface area contributed by atoms with Crippen LogP contribution in [-0.2, 0) is 4.57 Å². The highest BCUT2D eigenvalue weighted by molar-refractivity contribution is 9.09. The molecule has 0 radical (unpaired) electrons. The highest BCUT2D eigenvalue weighted by Crippen LogP contribution is 2.58. The molecule has 0 N–H and O–H groups in total. The molecule has 0 aliphatic heterocycles. The molecule has 0 unspecified atom stereocenters. The van der Waals surface area contributed by atoms with E-state index in [1.807, 2.05) is 0 Å². The van der Waals surface area contributed by atoms with E-state index in [2.05, 4.69) is 15.9 Å². The predicted molar refractivity (Wildman–Crippen MR) is 45.7 cm³/mol. The molecule has 0 saturated carbocycles. The molecule has 0 saturated heterocycles. The minimum Gasteiger partial charge on any atom is -0.271 e. The van der Waals surface area contributed by atoms with Crippen molar-refractivity contribution in [1.29, 1.82) is 0 Å². The Morgan fingerprint density at radius 2 is 2.11 bits per heavy atom. The lowest BCUT2D eigenvalue weighted by atomic mass is 10.8. The van der Waals surface area contributed by atoms with Gasteiger partial charge in [0, 0.05) is 11.9 Å². The first-order valence-corrected chi connectivity index (χ1v) is 6.84. The monoisotopic (exact) mass is 253 g/mol. The summed E-state index contributed by atoms with van der Waals surface area (Å²) < 4.78 is 12.1. The Bertz CT molecular complexity index is 127. The average Bonchev–Trinajstić information content (AvgIpc) is 1.64. The van der Waals surface area contributed by atoms with Crippen LogP contribution >= 0.6 is 44.4 Å². The predicted octanol–water partition coefficient (Wildman–Crippen LogP) is 2.90. The van der Waals surface area contributed by atoms with Crippen LogP contribution in [0.25, 0.3) is 0 Å². The molecule has 0 atom stereocenters. The lowest BCUT2D eigenvalue weighted by Gasteiger charge is -2.14. The molecule has 0 aromatic rings. The van der Waals surface area contributed by atoms with Crippen LogP contribution in [0.4, 0.5) is 0 Å². The number of alkyl halides is 1. The van der Waals surface area contributed by atoms with Gasteiger partial charge < -0.3 is 0 Å². The summed E-state index contributed by atoms with van der Waals surface area (Å²) in [5.41, 5.74) is 0. The van der Waals surface area contributed by atoms with Gasteiger partial charge in [-0.25, -0.2) is 4.67 Å². The van der Waals surface area contributed by atoms with Crippen LogP contribution in [0, 0.1) is 0 Å². The third-order valence-electron chi connectivity index (χ3n) is 0.806. The number of rotatable bonds is 3. The molecule has 0 aliphatic carbocycles. The van der Waals surface area contributed by atoms with Gasteiger partial charge in [-0.15, -0.1) is 0 Å². The van der Waals surface area contributed by atoms with Gasteiger partial charge in [0.2, 0.25) is 0 Å². The smallest absolute Gasteiger partial charge is 0.271 e. The van der Waals surface area contributed by atoms with Gasteiger partial charge in [-0.05, 0) is 29.5 Å². The normalized spacial score (nSPS) is 12.6. The first-order valence-electron chi connectivity index (χ1n) is 2.25. The second-order valence-corrected chi connectivity index (χ2v) is 7.12. The van der Waals surface area contributed by atoms with E-state index in [0.717, 1.165) is 0 Å². The molecule has 0 rings (SSSR count). The van der Waals surface area contributed by atoms with E-state index in [1.54, 1.807) is 7.05 Å². The number of hydrogen-bond donors (Lipinski definition) is 0. The fourth-order valence-corrected chi connectivity index (χ4v) is 1.83. The van der Waals surface area contributed by atoms with Gasteiger partial charge in [0.15, 0.2) is 0 Å². The maximum atomic E-state index is 10.7. The SMILES string of the molecule is CN(CCBr)P(=O)(Cl)Cl. The van der Waals surface area contributed by atoms with E-state index >= 15 is 0 Å². The summed E-state index contributed by atoms with van der Waals surface area (Å²) in [5.74, 6) is -3.03. The standard InChI is InChI=1S/C3H7BrCl2NOP/c1-7(3-2-4)9(5,6)8/h2-3H2,1H3. The van der Waals surface area contributed by atoms with E-state index < -0.39 is 6.00 Å². The zero-order chi connectivity index (χ0) is 7.49. The van der Waals surface area contributed by atoms with E-state index in [-0.39, 0.29) is 0 Å². The lowest BCUT2D eigenvalue weighted by Crippen LogP contribution is -2.12. The lowest BCUT2D eigenvalue weighted by molar-refractivity contribution is 0.513. The Hall–Kier alpha value is 1.25. The summed E-state index contributed by atoms with van der Waals surface area (Å²) in [6.07, 6.45) is 0. The van der Waals surface area contributed by atoms with Gasteiger partial charge in [-0.3, -0.25) is 4.57 Å². The summed E-state index contributed by atoms with van der Waals surface area (Å²) in [4.78, 5) is 0. The number of halogens is 3. The van der Waals surface area contributed by atoms with Crippen LogP contribution in [0.1, 0.15) is 0 Å². The largest absolute Gasteiger partial charge is 0.321 e. The average molecular weight is 255 g/mol. The van der Waals surface area contributed by atoms with E-state index in [4.69, 9.17) is 22.5 Å². The third-order valence-corrected chi connectivity index (χ3v) is 3.70. The number of hydrogen-bond acceptors (Lipinski definition) is 1. The first-order chi connectivity index (χ1) is 3.98. The van der Waals surface area contributed by atoms with Crippen molar-refractivity contribution in [1.82, 2.24) is 4.67 Å². The minimum atomic E-state index is -3.03. The van der Waals surface area contributed by atoms with Crippen LogP contribution in [-0.4, -0.2) is 23.6 Å². The summed E-state index contributed by atoms with van der Waals surface area (Å²) in [6.45, 7) is 0.588. The van der Waals surface area contributed by atoms with Gasteiger partial charge in [0.25, 0.3) is 0 Å². The summed E-state index contributed by atoms with van der Waals surface area (Å²) in [7, 11) is 1.61. The van der Waals surface area contributed by atoms with Crippen molar-refractivity contribution in [3.63, 3.8) is 0 Å². The maximum Gasteiger partial charge on any atom is 0.321 e. The van der Waals surface area contributed by atoms with Crippen LogP contribution in [0.5, 0.6) is 0 Å². The Balaban J connectivity index is 3.74. The zero-order valence-electron chi connectivity index (χ0n) is 4.85. The van der Waals surface area contributed by atoms with Gasteiger partial charge in [0.05, 0.1) is 0 Å². The van der Waals surface area contributed by atoms with Crippen molar-refractivity contribution in [2.45, 2.75) is 0 Å². The minimum absolute atomic E-state index is 0.588. The summed E-state index contributed by atoms with van der Waals surface area (Å²) in [6, 6.07) is 0. The van der Waals surface area contributed by atoms with Gasteiger partial charge in [-0.2, -0.15) is 0 Å². The molecule has 0 spiro atoms. The molecular formula is C3H7BrCl2NOP. The Kier molecular flexibility index (Phi) is 4.78. The van der Waals surface area contributed by atoms with Gasteiger partial charge in [-0.1, -0.05) is 15.9 Å². The third kappa shape index (κ3) is 4.63. The topological polar surface area (TPSA) is 20.3 Å². The Morgan fingerprint density at radius 1 is 1.67 bits per heavy atom. The summed E-state index contributed by atoms with van der Waals surface area (Å²) in [5, 5.41) is 0.715. The summed E-state index contributed by atoms with van der Waals surface area (Å²) >= 11 is 13.7. The van der Waals surface area contributed by atoms with Crippen LogP contribution in [0.3, 0.4) is 0 Å². The molecule has 0 aromatic carbocycles. The van der Waals surface area contributed by atoms with Crippen molar-refractivity contribution in [3.8, 4) is 0 Å². The highest BCUT2D eigenvalue weighted by atomic mass is 79.9. The zero-order valence-corrected chi connectivity index (χ0v) is 8.84. The molecule has 6 heteroatoms. The first kappa shape index (κ1) is 10.2. The fraction of sp³-hybridized carbons (Fsp3) is 1.00. The van der Waals surface area contributed by atoms with Gasteiger partial charge in [0.1, 0.15) is 0 Å². The molecule has 0 bridgehead atoms. The molecule has 0 heterocycles.